The second kappa shape index (κ2) is 4.99. The van der Waals surface area contributed by atoms with Crippen LogP contribution in [0.5, 0.6) is 0 Å². The number of carbonyl (C=O) groups excluding carboxylic acids is 1. The van der Waals surface area contributed by atoms with Gasteiger partial charge >= 0.3 is 0 Å². The van der Waals surface area contributed by atoms with Gasteiger partial charge in [-0.1, -0.05) is 0 Å². The average Bonchev–Trinajstić information content (AvgIpc) is 2.18. The van der Waals surface area contributed by atoms with Gasteiger partial charge in [-0.3, -0.25) is 4.79 Å². The van der Waals surface area contributed by atoms with Crippen LogP contribution < -0.4 is 5.73 Å². The number of nitrogens with zero attached hydrogens (tertiary/aromatic N) is 1. The van der Waals surface area contributed by atoms with E-state index >= 15 is 0 Å². The minimum atomic E-state index is 0.0694. The summed E-state index contributed by atoms with van der Waals surface area (Å²) in [6, 6.07) is 3.56. The summed E-state index contributed by atoms with van der Waals surface area (Å²) in [5.41, 5.74) is 5.99. The molecule has 0 aliphatic rings. The van der Waals surface area contributed by atoms with Crippen molar-refractivity contribution in [3.05, 3.63) is 23.9 Å². The number of pyridine rings is 1. The van der Waals surface area contributed by atoms with Gasteiger partial charge in [-0.25, -0.2) is 4.98 Å². The molecule has 0 saturated carbocycles. The number of hydrogen-bond donors (Lipinski definition) is 1. The maximum absolute atomic E-state index is 11.5. The Morgan fingerprint density at radius 2 is 2.46 bits per heavy atom. The van der Waals surface area contributed by atoms with E-state index in [1.807, 2.05) is 6.26 Å². The largest absolute Gasteiger partial charge is 0.330 e. The number of thioether (sulfide) groups is 1. The van der Waals surface area contributed by atoms with Crippen molar-refractivity contribution >= 4 is 17.5 Å². The van der Waals surface area contributed by atoms with Gasteiger partial charge in [0, 0.05) is 18.2 Å². The highest BCUT2D eigenvalue weighted by molar-refractivity contribution is 7.98. The number of carbonyl (C=O) groups is 1. The smallest absolute Gasteiger partial charge is 0.166 e. The minimum Gasteiger partial charge on any atom is -0.330 e. The molecule has 1 rings (SSSR count). The van der Waals surface area contributed by atoms with Crippen LogP contribution in [0.2, 0.25) is 0 Å². The number of aromatic nitrogens is 1. The molecule has 0 aliphatic carbocycles. The van der Waals surface area contributed by atoms with Crippen LogP contribution in [0, 0.1) is 0 Å². The summed E-state index contributed by atoms with van der Waals surface area (Å²) in [7, 11) is 0. The van der Waals surface area contributed by atoms with E-state index in [1.165, 1.54) is 11.8 Å². The molecule has 70 valence electrons. The molecule has 0 radical (unpaired) electrons. The maximum atomic E-state index is 11.5. The van der Waals surface area contributed by atoms with Crippen molar-refractivity contribution < 1.29 is 4.79 Å². The maximum Gasteiger partial charge on any atom is 0.166 e. The van der Waals surface area contributed by atoms with E-state index in [1.54, 1.807) is 18.3 Å². The fourth-order valence-corrected chi connectivity index (χ4v) is 1.60. The van der Waals surface area contributed by atoms with Gasteiger partial charge < -0.3 is 5.73 Å². The third-order valence-corrected chi connectivity index (χ3v) is 2.35. The second-order valence-corrected chi connectivity index (χ2v) is 3.32. The molecule has 3 nitrogen and oxygen atoms in total. The third kappa shape index (κ3) is 2.54. The molecule has 0 amide bonds. The topological polar surface area (TPSA) is 56.0 Å². The third-order valence-electron chi connectivity index (χ3n) is 1.64. The SMILES string of the molecule is CSc1ncccc1C(=O)CCN. The zero-order valence-corrected chi connectivity index (χ0v) is 8.30. The Morgan fingerprint density at radius 3 is 3.08 bits per heavy atom. The Bertz CT molecular complexity index is 301. The van der Waals surface area contributed by atoms with Gasteiger partial charge in [0.05, 0.1) is 0 Å². The summed E-state index contributed by atoms with van der Waals surface area (Å²) in [5.74, 6) is 0.0694. The second-order valence-electron chi connectivity index (χ2n) is 2.52. The molecule has 0 aliphatic heterocycles. The average molecular weight is 196 g/mol. The Labute approximate surface area is 81.7 Å². The van der Waals surface area contributed by atoms with E-state index < -0.39 is 0 Å². The normalized spacial score (nSPS) is 10.0. The summed E-state index contributed by atoms with van der Waals surface area (Å²) in [6.07, 6.45) is 3.98. The van der Waals surface area contributed by atoms with Crippen LogP contribution in [0.3, 0.4) is 0 Å². The van der Waals surface area contributed by atoms with E-state index in [2.05, 4.69) is 4.98 Å². The van der Waals surface area contributed by atoms with Crippen LogP contribution in [0.4, 0.5) is 0 Å². The van der Waals surface area contributed by atoms with Crippen molar-refractivity contribution in [2.24, 2.45) is 5.73 Å². The molecule has 0 spiro atoms. The first-order valence-electron chi connectivity index (χ1n) is 4.02. The zero-order chi connectivity index (χ0) is 9.68. The predicted octanol–water partition coefficient (Wildman–Crippen LogP) is 1.33. The molecule has 0 saturated heterocycles. The van der Waals surface area contributed by atoms with Crippen LogP contribution in [-0.2, 0) is 0 Å². The predicted molar refractivity (Wildman–Crippen MR) is 54.0 cm³/mol. The van der Waals surface area contributed by atoms with Gasteiger partial charge in [-0.05, 0) is 24.9 Å². The van der Waals surface area contributed by atoms with Crippen LogP contribution >= 0.6 is 11.8 Å². The monoisotopic (exact) mass is 196 g/mol. The first-order valence-corrected chi connectivity index (χ1v) is 5.24. The lowest BCUT2D eigenvalue weighted by Gasteiger charge is -2.03. The summed E-state index contributed by atoms with van der Waals surface area (Å²) in [6.45, 7) is 0.390. The molecule has 0 atom stereocenters. The lowest BCUT2D eigenvalue weighted by molar-refractivity contribution is 0.0982. The van der Waals surface area contributed by atoms with Gasteiger partial charge in [0.15, 0.2) is 5.78 Å². The quantitative estimate of drug-likeness (QED) is 0.583. The van der Waals surface area contributed by atoms with Crippen molar-refractivity contribution in [3.63, 3.8) is 0 Å². The molecule has 0 unspecified atom stereocenters. The van der Waals surface area contributed by atoms with Crippen molar-refractivity contribution in [2.75, 3.05) is 12.8 Å². The number of ketones is 1. The molecule has 0 bridgehead atoms. The molecule has 2 N–H and O–H groups in total. The molecule has 13 heavy (non-hydrogen) atoms. The standard InChI is InChI=1S/C9H12N2OS/c1-13-9-7(3-2-6-11-9)8(12)4-5-10/h2-3,6H,4-5,10H2,1H3. The number of Topliss-reactive ketones (excluding diaryl/α,β-unsaturated/α-hetero) is 1. The van der Waals surface area contributed by atoms with E-state index in [-0.39, 0.29) is 5.78 Å². The number of rotatable bonds is 4. The zero-order valence-electron chi connectivity index (χ0n) is 7.49. The van der Waals surface area contributed by atoms with Crippen LogP contribution in [-0.4, -0.2) is 23.6 Å². The highest BCUT2D eigenvalue weighted by Gasteiger charge is 2.09. The first-order chi connectivity index (χ1) is 6.29. The Hall–Kier alpha value is -0.870. The van der Waals surface area contributed by atoms with E-state index in [0.717, 1.165) is 5.03 Å². The fraction of sp³-hybridized carbons (Fsp3) is 0.333. The van der Waals surface area contributed by atoms with Crippen molar-refractivity contribution in [3.8, 4) is 0 Å². The highest BCUT2D eigenvalue weighted by atomic mass is 32.2. The van der Waals surface area contributed by atoms with Gasteiger partial charge in [0.25, 0.3) is 0 Å². The van der Waals surface area contributed by atoms with Crippen molar-refractivity contribution in [2.45, 2.75) is 11.4 Å². The van der Waals surface area contributed by atoms with Gasteiger partial charge in [0.1, 0.15) is 5.03 Å². The van der Waals surface area contributed by atoms with Gasteiger partial charge in [-0.2, -0.15) is 0 Å². The molecule has 1 aromatic heterocycles. The molecule has 0 aromatic carbocycles. The number of nitrogens with two attached hydrogens (primary N) is 1. The van der Waals surface area contributed by atoms with Crippen molar-refractivity contribution in [1.29, 1.82) is 0 Å². The summed E-state index contributed by atoms with van der Waals surface area (Å²) < 4.78 is 0. The fourth-order valence-electron chi connectivity index (χ4n) is 1.03. The van der Waals surface area contributed by atoms with E-state index in [4.69, 9.17) is 5.73 Å². The molecule has 4 heteroatoms. The lowest BCUT2D eigenvalue weighted by atomic mass is 10.1. The van der Waals surface area contributed by atoms with Crippen LogP contribution in [0.25, 0.3) is 0 Å². The molecule has 1 heterocycles. The highest BCUT2D eigenvalue weighted by Crippen LogP contribution is 2.17. The summed E-state index contributed by atoms with van der Waals surface area (Å²) in [5, 5.41) is 0.779. The first kappa shape index (κ1) is 10.2. The molecule has 0 fully saturated rings. The van der Waals surface area contributed by atoms with Crippen molar-refractivity contribution in [1.82, 2.24) is 4.98 Å². The summed E-state index contributed by atoms with van der Waals surface area (Å²) in [4.78, 5) is 15.6. The summed E-state index contributed by atoms with van der Waals surface area (Å²) >= 11 is 1.48. The minimum absolute atomic E-state index is 0.0694. The van der Waals surface area contributed by atoms with E-state index in [9.17, 15) is 4.79 Å². The van der Waals surface area contributed by atoms with E-state index in [0.29, 0.717) is 18.5 Å². The van der Waals surface area contributed by atoms with Crippen LogP contribution in [0.1, 0.15) is 16.8 Å². The van der Waals surface area contributed by atoms with Crippen LogP contribution in [0.15, 0.2) is 23.4 Å². The Morgan fingerprint density at radius 1 is 1.69 bits per heavy atom. The van der Waals surface area contributed by atoms with Gasteiger partial charge in [-0.15, -0.1) is 11.8 Å². The lowest BCUT2D eigenvalue weighted by Crippen LogP contribution is -2.09. The number of hydrogen-bond acceptors (Lipinski definition) is 4. The molecular formula is C9H12N2OS. The Kier molecular flexibility index (Phi) is 3.92. The Balaban J connectivity index is 2.92. The molecular weight excluding hydrogens is 184 g/mol. The van der Waals surface area contributed by atoms with Gasteiger partial charge in [0.2, 0.25) is 0 Å². The molecule has 1 aromatic rings.